The number of benzene rings is 2. The molecule has 9 heteroatoms. The zero-order valence-corrected chi connectivity index (χ0v) is 20.0. The summed E-state index contributed by atoms with van der Waals surface area (Å²) in [4.78, 5) is 14.5. The molecule has 0 aliphatic heterocycles. The van der Waals surface area contributed by atoms with Crippen molar-refractivity contribution in [3.8, 4) is 11.8 Å². The minimum Gasteiger partial charge on any atom is -0.490 e. The average Bonchev–Trinajstić information content (AvgIpc) is 2.73. The summed E-state index contributed by atoms with van der Waals surface area (Å²) >= 11 is 13.7. The normalized spacial score (nSPS) is 12.5. The van der Waals surface area contributed by atoms with E-state index in [0.717, 1.165) is 5.69 Å². The summed E-state index contributed by atoms with van der Waals surface area (Å²) in [6.07, 6.45) is 0. The van der Waals surface area contributed by atoms with Gasteiger partial charge in [0, 0.05) is 39.8 Å². The maximum atomic E-state index is 12.5. The molecule has 0 aliphatic carbocycles. The third-order valence-corrected chi connectivity index (χ3v) is 5.50. The molecule has 160 valence electrons. The van der Waals surface area contributed by atoms with Gasteiger partial charge in [-0.2, -0.15) is 5.26 Å². The lowest BCUT2D eigenvalue weighted by atomic mass is 10.1. The number of anilines is 2. The van der Waals surface area contributed by atoms with Crippen molar-refractivity contribution in [2.75, 3.05) is 41.7 Å². The molecule has 2 N–H and O–H groups in total. The monoisotopic (exact) mass is 561 g/mol. The van der Waals surface area contributed by atoms with Gasteiger partial charge in [0.05, 0.1) is 5.56 Å². The lowest BCUT2D eigenvalue weighted by Crippen LogP contribution is -2.45. The number of nitrogens with one attached hydrogen (secondary N) is 1. The van der Waals surface area contributed by atoms with Gasteiger partial charge in [0.15, 0.2) is 5.60 Å². The average molecular weight is 562 g/mol. The molecule has 0 bridgehead atoms. The topological polar surface area (TPSA) is 85.6 Å². The second-order valence-corrected chi connectivity index (χ2v) is 8.60. The Bertz CT molecular complexity index is 895. The molecule has 0 fully saturated rings. The minimum absolute atomic E-state index is 0.224. The highest BCUT2D eigenvalue weighted by molar-refractivity contribution is 14.1. The Kier molecular flexibility index (Phi) is 9.49. The van der Waals surface area contributed by atoms with Crippen molar-refractivity contribution >= 4 is 63.1 Å². The third kappa shape index (κ3) is 6.91. The summed E-state index contributed by atoms with van der Waals surface area (Å²) in [5.41, 5.74) is 0.222. The summed E-state index contributed by atoms with van der Waals surface area (Å²) < 4.78 is 6.33. The number of hydrogen-bond donors (Lipinski definition) is 2. The molecule has 6 nitrogen and oxygen atoms in total. The molecule has 30 heavy (non-hydrogen) atoms. The zero-order chi connectivity index (χ0) is 22.1. The van der Waals surface area contributed by atoms with E-state index in [-0.39, 0.29) is 6.61 Å². The fourth-order valence-electron chi connectivity index (χ4n) is 2.57. The highest BCUT2D eigenvalue weighted by atomic mass is 127. The van der Waals surface area contributed by atoms with E-state index >= 15 is 0 Å². The van der Waals surface area contributed by atoms with Gasteiger partial charge in [0.1, 0.15) is 18.4 Å². The van der Waals surface area contributed by atoms with Gasteiger partial charge in [0.2, 0.25) is 0 Å². The second kappa shape index (κ2) is 11.6. The fraction of sp³-hybridized carbons (Fsp3) is 0.333. The minimum atomic E-state index is -1.75. The largest absolute Gasteiger partial charge is 0.490 e. The molecule has 1 amide bonds. The van der Waals surface area contributed by atoms with E-state index in [1.807, 2.05) is 34.7 Å². The van der Waals surface area contributed by atoms with E-state index in [4.69, 9.17) is 33.2 Å². The first kappa shape index (κ1) is 24.5. The molecule has 0 spiro atoms. The summed E-state index contributed by atoms with van der Waals surface area (Å²) in [6.45, 7) is 2.52. The smallest absolute Gasteiger partial charge is 0.259 e. The number of carbonyl (C=O) groups is 1. The summed E-state index contributed by atoms with van der Waals surface area (Å²) in [5.74, 6) is 0.906. The van der Waals surface area contributed by atoms with Gasteiger partial charge in [0.25, 0.3) is 5.91 Å². The van der Waals surface area contributed by atoms with Crippen LogP contribution in [0.5, 0.6) is 5.75 Å². The van der Waals surface area contributed by atoms with Crippen LogP contribution in [0.25, 0.3) is 0 Å². The predicted octanol–water partition coefficient (Wildman–Crippen LogP) is 4.22. The van der Waals surface area contributed by atoms with Gasteiger partial charge in [-0.1, -0.05) is 0 Å². The van der Waals surface area contributed by atoms with E-state index in [2.05, 4.69) is 16.3 Å². The quantitative estimate of drug-likeness (QED) is 0.335. The fourth-order valence-corrected chi connectivity index (χ4v) is 3.61. The van der Waals surface area contributed by atoms with Gasteiger partial charge in [-0.25, -0.2) is 0 Å². The zero-order valence-electron chi connectivity index (χ0n) is 16.4. The lowest BCUT2D eigenvalue weighted by Gasteiger charge is -2.24. The number of alkyl halides is 2. The first-order chi connectivity index (χ1) is 14.3. The maximum Gasteiger partial charge on any atom is 0.259 e. The number of amides is 1. The van der Waals surface area contributed by atoms with Crippen LogP contribution in [0, 0.1) is 14.9 Å². The van der Waals surface area contributed by atoms with Crippen LogP contribution >= 0.6 is 45.8 Å². The number of ether oxygens (including phenoxy) is 1. The molecule has 0 unspecified atom stereocenters. The Morgan fingerprint density at radius 2 is 1.87 bits per heavy atom. The van der Waals surface area contributed by atoms with Crippen LogP contribution in [0.2, 0.25) is 0 Å². The highest BCUT2D eigenvalue weighted by Crippen LogP contribution is 2.22. The van der Waals surface area contributed by atoms with Crippen LogP contribution in [0.3, 0.4) is 0 Å². The SMILES string of the molecule is C[C@](O)(COc1ccc(N(CCCl)CCCl)cc1)C(=O)Nc1ccc(C#N)c(I)c1. The van der Waals surface area contributed by atoms with Crippen LogP contribution < -0.4 is 15.0 Å². The summed E-state index contributed by atoms with van der Waals surface area (Å²) in [6, 6.07) is 14.2. The van der Waals surface area contributed by atoms with E-state index in [0.29, 0.717) is 45.4 Å². The van der Waals surface area contributed by atoms with Crippen LogP contribution in [0.4, 0.5) is 11.4 Å². The number of nitrogens with zero attached hydrogens (tertiary/aromatic N) is 2. The van der Waals surface area contributed by atoms with Gasteiger partial charge in [-0.3, -0.25) is 4.79 Å². The van der Waals surface area contributed by atoms with E-state index < -0.39 is 11.5 Å². The van der Waals surface area contributed by atoms with E-state index in [9.17, 15) is 9.90 Å². The molecule has 2 rings (SSSR count). The van der Waals surface area contributed by atoms with Crippen molar-refractivity contribution in [1.29, 1.82) is 5.26 Å². The molecule has 0 heterocycles. The Morgan fingerprint density at radius 3 is 2.40 bits per heavy atom. The lowest BCUT2D eigenvalue weighted by molar-refractivity contribution is -0.135. The molecule has 0 radical (unpaired) electrons. The van der Waals surface area contributed by atoms with Gasteiger partial charge < -0.3 is 20.1 Å². The van der Waals surface area contributed by atoms with Crippen molar-refractivity contribution < 1.29 is 14.6 Å². The van der Waals surface area contributed by atoms with Gasteiger partial charge in [-0.05, 0) is 72.0 Å². The van der Waals surface area contributed by atoms with E-state index in [1.165, 1.54) is 6.92 Å². The second-order valence-electron chi connectivity index (χ2n) is 6.68. The van der Waals surface area contributed by atoms with Crippen LogP contribution in [0.15, 0.2) is 42.5 Å². The van der Waals surface area contributed by atoms with E-state index in [1.54, 1.807) is 30.3 Å². The predicted molar refractivity (Wildman–Crippen MR) is 129 cm³/mol. The Balaban J connectivity index is 1.97. The molecule has 2 aromatic rings. The molecule has 0 saturated carbocycles. The number of halogens is 3. The van der Waals surface area contributed by atoms with Crippen LogP contribution in [-0.4, -0.2) is 48.1 Å². The van der Waals surface area contributed by atoms with Crippen molar-refractivity contribution in [2.45, 2.75) is 12.5 Å². The highest BCUT2D eigenvalue weighted by Gasteiger charge is 2.31. The Hall–Kier alpha value is -1.73. The third-order valence-electron chi connectivity index (χ3n) is 4.27. The number of rotatable bonds is 10. The van der Waals surface area contributed by atoms with Crippen LogP contribution in [-0.2, 0) is 4.79 Å². The standard InChI is InChI=1S/C21H22Cl2IN3O3/c1-21(29,20(28)26-16-3-2-15(13-25)19(24)12-16)14-30-18-6-4-17(5-7-18)27(10-8-22)11-9-23/h2-7,12,29H,8-11,14H2,1H3,(H,26,28)/t21-/m0/s1. The van der Waals surface area contributed by atoms with Gasteiger partial charge >= 0.3 is 0 Å². The molecule has 2 aromatic carbocycles. The summed E-state index contributed by atoms with van der Waals surface area (Å²) in [7, 11) is 0. The number of aliphatic hydroxyl groups is 1. The molecule has 0 aromatic heterocycles. The Morgan fingerprint density at radius 1 is 1.23 bits per heavy atom. The Labute approximate surface area is 199 Å². The first-order valence-corrected chi connectivity index (χ1v) is 11.3. The maximum absolute atomic E-state index is 12.5. The van der Waals surface area contributed by atoms with Crippen molar-refractivity contribution in [3.05, 3.63) is 51.6 Å². The number of carbonyl (C=O) groups excluding carboxylic acids is 1. The molecular weight excluding hydrogens is 540 g/mol. The first-order valence-electron chi connectivity index (χ1n) is 9.14. The van der Waals surface area contributed by atoms with Gasteiger partial charge in [-0.15, -0.1) is 23.2 Å². The van der Waals surface area contributed by atoms with Crippen LogP contribution in [0.1, 0.15) is 12.5 Å². The molecule has 0 saturated heterocycles. The molecule has 0 aliphatic rings. The molecule has 1 atom stereocenters. The molecular formula is C21H22Cl2IN3O3. The van der Waals surface area contributed by atoms with Crippen molar-refractivity contribution in [3.63, 3.8) is 0 Å². The number of nitriles is 1. The van der Waals surface area contributed by atoms with Crippen molar-refractivity contribution in [1.82, 2.24) is 0 Å². The number of hydrogen-bond acceptors (Lipinski definition) is 5. The van der Waals surface area contributed by atoms with Crippen molar-refractivity contribution in [2.24, 2.45) is 0 Å². The summed E-state index contributed by atoms with van der Waals surface area (Å²) in [5, 5.41) is 22.2.